The fraction of sp³-hybridized carbons (Fsp3) is 0.0952. The lowest BCUT2D eigenvalue weighted by molar-refractivity contribution is -0.125. The third-order valence-electron chi connectivity index (χ3n) is 4.35. The molecule has 2 heterocycles. The molecule has 0 saturated carbocycles. The molecule has 0 aliphatic carbocycles. The quantitative estimate of drug-likeness (QED) is 0.668. The average molecular weight is 410 g/mol. The summed E-state index contributed by atoms with van der Waals surface area (Å²) in [6, 6.07) is 15.8. The molecule has 3 aromatic rings. The lowest BCUT2D eigenvalue weighted by atomic mass is 10.2. The summed E-state index contributed by atoms with van der Waals surface area (Å²) in [7, 11) is 0. The minimum absolute atomic E-state index is 0.124. The summed E-state index contributed by atoms with van der Waals surface area (Å²) in [6.45, 7) is 0.206. The van der Waals surface area contributed by atoms with Crippen LogP contribution in [0.15, 0.2) is 65.1 Å². The van der Waals surface area contributed by atoms with Gasteiger partial charge in [-0.25, -0.2) is 4.39 Å². The van der Waals surface area contributed by atoms with Gasteiger partial charge in [-0.3, -0.25) is 19.3 Å². The molecule has 4 rings (SSSR count). The fourth-order valence-electron chi connectivity index (χ4n) is 2.83. The molecule has 1 aliphatic rings. The summed E-state index contributed by atoms with van der Waals surface area (Å²) in [5, 5.41) is 2.48. The fourth-order valence-corrected chi connectivity index (χ4v) is 3.56. The molecule has 8 heteroatoms. The predicted octanol–water partition coefficient (Wildman–Crippen LogP) is 4.53. The summed E-state index contributed by atoms with van der Waals surface area (Å²) in [4.78, 5) is 36.9. The Bertz CT molecular complexity index is 1060. The van der Waals surface area contributed by atoms with Crippen LogP contribution in [0.4, 0.5) is 14.9 Å². The number of nitrogens with zero attached hydrogens (tertiary/aromatic N) is 1. The Labute approximate surface area is 169 Å². The first kappa shape index (κ1) is 18.9. The van der Waals surface area contributed by atoms with Crippen LogP contribution in [0.25, 0.3) is 11.3 Å². The van der Waals surface area contributed by atoms with Crippen LogP contribution in [-0.2, 0) is 11.3 Å². The van der Waals surface area contributed by atoms with E-state index in [9.17, 15) is 18.8 Å². The van der Waals surface area contributed by atoms with Crippen LogP contribution in [0, 0.1) is 5.82 Å². The Hall–Kier alpha value is -3.39. The Morgan fingerprint density at radius 1 is 1.03 bits per heavy atom. The van der Waals surface area contributed by atoms with Crippen molar-refractivity contribution in [1.82, 2.24) is 4.90 Å². The van der Waals surface area contributed by atoms with Crippen LogP contribution in [0.2, 0.25) is 0 Å². The van der Waals surface area contributed by atoms with Crippen molar-refractivity contribution in [3.05, 3.63) is 77.8 Å². The highest BCUT2D eigenvalue weighted by atomic mass is 32.2. The Kier molecular flexibility index (Phi) is 5.18. The highest BCUT2D eigenvalue weighted by Gasteiger charge is 2.29. The number of anilines is 1. The SMILES string of the molecule is O=C(Nc1ccc(CN2C(=O)CSC2=O)cc1)c1ccc(-c2ccc(F)cc2)o1. The maximum Gasteiger partial charge on any atom is 0.291 e. The standard InChI is InChI=1S/C21H15FN2O4S/c22-15-5-3-14(4-6-15)17-9-10-18(28-17)20(26)23-16-7-1-13(2-8-16)11-24-19(25)12-29-21(24)27/h1-10H,11-12H2,(H,23,26). The monoisotopic (exact) mass is 410 g/mol. The highest BCUT2D eigenvalue weighted by molar-refractivity contribution is 8.14. The van der Waals surface area contributed by atoms with Gasteiger partial charge in [0.25, 0.3) is 11.1 Å². The van der Waals surface area contributed by atoms with Crippen LogP contribution in [0.5, 0.6) is 0 Å². The van der Waals surface area contributed by atoms with Crippen molar-refractivity contribution in [2.75, 3.05) is 11.1 Å². The number of nitrogens with one attached hydrogen (secondary N) is 1. The molecule has 29 heavy (non-hydrogen) atoms. The number of amides is 3. The molecule has 0 radical (unpaired) electrons. The third-order valence-corrected chi connectivity index (χ3v) is 5.21. The molecule has 1 fully saturated rings. The number of furan rings is 1. The largest absolute Gasteiger partial charge is 0.451 e. The van der Waals surface area contributed by atoms with Crippen LogP contribution in [-0.4, -0.2) is 27.7 Å². The first-order valence-corrected chi connectivity index (χ1v) is 9.71. The number of carbonyl (C=O) groups is 3. The first-order chi connectivity index (χ1) is 14.0. The molecule has 0 unspecified atom stereocenters. The Balaban J connectivity index is 1.40. The number of imide groups is 1. The van der Waals surface area contributed by atoms with E-state index in [-0.39, 0.29) is 35.0 Å². The molecular formula is C21H15FN2O4S. The van der Waals surface area contributed by atoms with Gasteiger partial charge < -0.3 is 9.73 Å². The van der Waals surface area contributed by atoms with Gasteiger partial charge in [-0.15, -0.1) is 0 Å². The lowest BCUT2D eigenvalue weighted by Gasteiger charge is -2.13. The van der Waals surface area contributed by atoms with E-state index in [1.807, 2.05) is 0 Å². The summed E-state index contributed by atoms with van der Waals surface area (Å²) in [6.07, 6.45) is 0. The topological polar surface area (TPSA) is 79.6 Å². The van der Waals surface area contributed by atoms with Gasteiger partial charge in [0, 0.05) is 11.3 Å². The van der Waals surface area contributed by atoms with Gasteiger partial charge in [-0.05, 0) is 54.1 Å². The molecule has 0 bridgehead atoms. The van der Waals surface area contributed by atoms with E-state index in [0.29, 0.717) is 17.0 Å². The molecule has 1 N–H and O–H groups in total. The van der Waals surface area contributed by atoms with Gasteiger partial charge in [0.1, 0.15) is 11.6 Å². The summed E-state index contributed by atoms with van der Waals surface area (Å²) in [5.41, 5.74) is 2.00. The van der Waals surface area contributed by atoms with Crippen molar-refractivity contribution in [2.24, 2.45) is 0 Å². The number of hydrogen-bond donors (Lipinski definition) is 1. The Morgan fingerprint density at radius 3 is 2.41 bits per heavy atom. The maximum atomic E-state index is 13.0. The molecule has 1 saturated heterocycles. The third kappa shape index (κ3) is 4.22. The highest BCUT2D eigenvalue weighted by Crippen LogP contribution is 2.24. The summed E-state index contributed by atoms with van der Waals surface area (Å²) < 4.78 is 18.6. The molecule has 1 aliphatic heterocycles. The second-order valence-electron chi connectivity index (χ2n) is 6.36. The Morgan fingerprint density at radius 2 is 1.76 bits per heavy atom. The van der Waals surface area contributed by atoms with Crippen LogP contribution < -0.4 is 5.32 Å². The normalized spacial score (nSPS) is 13.8. The van der Waals surface area contributed by atoms with E-state index < -0.39 is 5.91 Å². The van der Waals surface area contributed by atoms with Crippen molar-refractivity contribution in [1.29, 1.82) is 0 Å². The van der Waals surface area contributed by atoms with Gasteiger partial charge in [-0.2, -0.15) is 0 Å². The second kappa shape index (κ2) is 7.92. The number of carbonyl (C=O) groups excluding carboxylic acids is 3. The van der Waals surface area contributed by atoms with Gasteiger partial charge in [0.2, 0.25) is 5.91 Å². The number of thioether (sulfide) groups is 1. The predicted molar refractivity (Wildman–Crippen MR) is 107 cm³/mol. The molecule has 6 nitrogen and oxygen atoms in total. The van der Waals surface area contributed by atoms with Gasteiger partial charge in [-0.1, -0.05) is 23.9 Å². The summed E-state index contributed by atoms with van der Waals surface area (Å²) >= 11 is 0.994. The zero-order valence-electron chi connectivity index (χ0n) is 15.1. The summed E-state index contributed by atoms with van der Waals surface area (Å²) in [5.74, 6) is -0.212. The smallest absolute Gasteiger partial charge is 0.291 e. The number of benzene rings is 2. The average Bonchev–Trinajstić information content (AvgIpc) is 3.33. The van der Waals surface area contributed by atoms with Crippen LogP contribution >= 0.6 is 11.8 Å². The van der Waals surface area contributed by atoms with Crippen molar-refractivity contribution >= 4 is 34.5 Å². The van der Waals surface area contributed by atoms with Crippen molar-refractivity contribution in [2.45, 2.75) is 6.54 Å². The van der Waals surface area contributed by atoms with Crippen LogP contribution in [0.3, 0.4) is 0 Å². The van der Waals surface area contributed by atoms with E-state index in [1.54, 1.807) is 48.5 Å². The minimum atomic E-state index is -0.424. The van der Waals surface area contributed by atoms with Crippen molar-refractivity contribution < 1.29 is 23.2 Å². The number of rotatable bonds is 5. The zero-order chi connectivity index (χ0) is 20.4. The second-order valence-corrected chi connectivity index (χ2v) is 7.28. The molecular weight excluding hydrogens is 395 g/mol. The molecule has 3 amide bonds. The number of halogens is 1. The van der Waals surface area contributed by atoms with E-state index >= 15 is 0 Å². The minimum Gasteiger partial charge on any atom is -0.451 e. The number of hydrogen-bond acceptors (Lipinski definition) is 5. The van der Waals surface area contributed by atoms with E-state index in [4.69, 9.17) is 4.42 Å². The molecule has 2 aromatic carbocycles. The van der Waals surface area contributed by atoms with Crippen molar-refractivity contribution in [3.8, 4) is 11.3 Å². The van der Waals surface area contributed by atoms with Gasteiger partial charge in [0.15, 0.2) is 5.76 Å². The molecule has 1 aromatic heterocycles. The van der Waals surface area contributed by atoms with Crippen LogP contribution in [0.1, 0.15) is 16.1 Å². The van der Waals surface area contributed by atoms with E-state index in [0.717, 1.165) is 17.3 Å². The molecule has 0 atom stereocenters. The lowest BCUT2D eigenvalue weighted by Crippen LogP contribution is -2.27. The molecule has 146 valence electrons. The van der Waals surface area contributed by atoms with Crippen molar-refractivity contribution in [3.63, 3.8) is 0 Å². The van der Waals surface area contributed by atoms with Gasteiger partial charge in [0.05, 0.1) is 12.3 Å². The van der Waals surface area contributed by atoms with Gasteiger partial charge >= 0.3 is 0 Å². The zero-order valence-corrected chi connectivity index (χ0v) is 15.9. The molecule has 0 spiro atoms. The first-order valence-electron chi connectivity index (χ1n) is 8.73. The maximum absolute atomic E-state index is 13.0. The van der Waals surface area contributed by atoms with E-state index in [2.05, 4.69) is 5.32 Å². The van der Waals surface area contributed by atoms with E-state index in [1.165, 1.54) is 17.0 Å².